The molecule has 132 valence electrons. The van der Waals surface area contributed by atoms with Crippen LogP contribution in [-0.2, 0) is 11.2 Å². The number of esters is 1. The van der Waals surface area contributed by atoms with Gasteiger partial charge in [0, 0.05) is 4.88 Å². The molecule has 0 saturated carbocycles. The standard InChI is InChI=1S/C17H19N3O4S/c1-6-11-13(8(3)24-20-11)17(22)23-9(4)14-18-15(21)12-7(2)10(5)25-16(12)19-14/h9H,6H2,1-5H3,(H,18,19,21). The molecule has 0 aromatic carbocycles. The van der Waals surface area contributed by atoms with E-state index >= 15 is 0 Å². The van der Waals surface area contributed by atoms with Gasteiger partial charge >= 0.3 is 5.97 Å². The van der Waals surface area contributed by atoms with Crippen molar-refractivity contribution in [2.45, 2.75) is 47.1 Å². The minimum Gasteiger partial charge on any atom is -0.451 e. The van der Waals surface area contributed by atoms with Crippen molar-refractivity contribution >= 4 is 27.5 Å². The number of carbonyl (C=O) groups is 1. The minimum atomic E-state index is -0.702. The molecule has 0 aliphatic rings. The zero-order chi connectivity index (χ0) is 18.3. The summed E-state index contributed by atoms with van der Waals surface area (Å²) >= 11 is 1.45. The molecule has 0 aliphatic carbocycles. The summed E-state index contributed by atoms with van der Waals surface area (Å²) < 4.78 is 10.5. The Morgan fingerprint density at radius 1 is 1.36 bits per heavy atom. The third kappa shape index (κ3) is 2.97. The van der Waals surface area contributed by atoms with Gasteiger partial charge in [-0.15, -0.1) is 11.3 Å². The van der Waals surface area contributed by atoms with Crippen molar-refractivity contribution < 1.29 is 14.1 Å². The van der Waals surface area contributed by atoms with E-state index in [1.807, 2.05) is 20.8 Å². The van der Waals surface area contributed by atoms with Crippen LogP contribution in [0.1, 0.15) is 58.0 Å². The molecule has 25 heavy (non-hydrogen) atoms. The van der Waals surface area contributed by atoms with Crippen molar-refractivity contribution in [3.63, 3.8) is 0 Å². The molecule has 7 nitrogen and oxygen atoms in total. The lowest BCUT2D eigenvalue weighted by molar-refractivity contribution is 0.0317. The van der Waals surface area contributed by atoms with Gasteiger partial charge in [-0.2, -0.15) is 0 Å². The Bertz CT molecular complexity index is 1010. The molecule has 0 fully saturated rings. The Kier molecular flexibility index (Phi) is 4.47. The van der Waals surface area contributed by atoms with E-state index in [9.17, 15) is 9.59 Å². The molecule has 1 unspecified atom stereocenters. The average molecular weight is 361 g/mol. The van der Waals surface area contributed by atoms with Crippen molar-refractivity contribution in [2.24, 2.45) is 0 Å². The fourth-order valence-corrected chi connectivity index (χ4v) is 3.70. The van der Waals surface area contributed by atoms with Crippen LogP contribution >= 0.6 is 11.3 Å². The first-order valence-corrected chi connectivity index (χ1v) is 8.81. The number of ether oxygens (including phenoxy) is 1. The summed E-state index contributed by atoms with van der Waals surface area (Å²) in [6.45, 7) is 9.06. The highest BCUT2D eigenvalue weighted by Crippen LogP contribution is 2.27. The fraction of sp³-hybridized carbons (Fsp3) is 0.412. The summed E-state index contributed by atoms with van der Waals surface area (Å²) in [6.07, 6.45) is -0.142. The monoisotopic (exact) mass is 361 g/mol. The van der Waals surface area contributed by atoms with E-state index in [0.717, 1.165) is 10.4 Å². The summed E-state index contributed by atoms with van der Waals surface area (Å²) in [4.78, 5) is 33.7. The van der Waals surface area contributed by atoms with Gasteiger partial charge in [0.25, 0.3) is 5.56 Å². The Labute approximate surface area is 148 Å². The smallest absolute Gasteiger partial charge is 0.344 e. The Morgan fingerprint density at radius 3 is 2.76 bits per heavy atom. The number of rotatable bonds is 4. The maximum atomic E-state index is 12.5. The van der Waals surface area contributed by atoms with Crippen molar-refractivity contribution in [1.29, 1.82) is 0 Å². The number of nitrogens with one attached hydrogen (secondary N) is 1. The number of aromatic amines is 1. The van der Waals surface area contributed by atoms with Crippen LogP contribution in [0.2, 0.25) is 0 Å². The Morgan fingerprint density at radius 2 is 2.08 bits per heavy atom. The molecule has 3 heterocycles. The van der Waals surface area contributed by atoms with Gasteiger partial charge in [-0.3, -0.25) is 4.79 Å². The summed E-state index contributed by atoms with van der Waals surface area (Å²) in [5, 5.41) is 4.45. The van der Waals surface area contributed by atoms with Crippen LogP contribution in [0.5, 0.6) is 0 Å². The second-order valence-electron chi connectivity index (χ2n) is 5.88. The van der Waals surface area contributed by atoms with Gasteiger partial charge in [-0.1, -0.05) is 12.1 Å². The van der Waals surface area contributed by atoms with Crippen molar-refractivity contribution in [1.82, 2.24) is 15.1 Å². The predicted molar refractivity (Wildman–Crippen MR) is 94.2 cm³/mol. The number of hydrogen-bond donors (Lipinski definition) is 1. The number of hydrogen-bond acceptors (Lipinski definition) is 7. The van der Waals surface area contributed by atoms with Gasteiger partial charge < -0.3 is 14.2 Å². The molecular formula is C17H19N3O4S. The maximum Gasteiger partial charge on any atom is 0.344 e. The van der Waals surface area contributed by atoms with Gasteiger partial charge in [0.1, 0.15) is 16.2 Å². The molecule has 1 N–H and O–H groups in total. The van der Waals surface area contributed by atoms with Crippen LogP contribution in [0.25, 0.3) is 10.2 Å². The highest BCUT2D eigenvalue weighted by Gasteiger charge is 2.24. The number of aryl methyl sites for hydroxylation is 4. The Hall–Kier alpha value is -2.48. The minimum absolute atomic E-state index is 0.222. The van der Waals surface area contributed by atoms with Gasteiger partial charge in [0.2, 0.25) is 0 Å². The topological polar surface area (TPSA) is 98.1 Å². The lowest BCUT2D eigenvalue weighted by Gasteiger charge is -2.12. The number of thiophene rings is 1. The van der Waals surface area contributed by atoms with Crippen LogP contribution in [0.3, 0.4) is 0 Å². The van der Waals surface area contributed by atoms with Crippen molar-refractivity contribution in [3.05, 3.63) is 43.6 Å². The quantitative estimate of drug-likeness (QED) is 0.715. The van der Waals surface area contributed by atoms with Crippen molar-refractivity contribution in [3.8, 4) is 0 Å². The summed E-state index contributed by atoms with van der Waals surface area (Å²) in [6, 6.07) is 0. The highest BCUT2D eigenvalue weighted by atomic mass is 32.1. The maximum absolute atomic E-state index is 12.5. The highest BCUT2D eigenvalue weighted by molar-refractivity contribution is 7.18. The first kappa shape index (κ1) is 17.3. The third-order valence-electron chi connectivity index (χ3n) is 4.20. The number of aromatic nitrogens is 3. The molecule has 8 heteroatoms. The van der Waals surface area contributed by atoms with Gasteiger partial charge in [-0.25, -0.2) is 9.78 Å². The average Bonchev–Trinajstić information content (AvgIpc) is 3.07. The second-order valence-corrected chi connectivity index (χ2v) is 7.08. The first-order chi connectivity index (χ1) is 11.8. The molecule has 0 bridgehead atoms. The van der Waals surface area contributed by atoms with E-state index in [1.165, 1.54) is 11.3 Å². The summed E-state index contributed by atoms with van der Waals surface area (Å²) in [5.74, 6) is 0.194. The molecule has 0 radical (unpaired) electrons. The van der Waals surface area contributed by atoms with Crippen LogP contribution in [0.15, 0.2) is 9.32 Å². The number of H-pyrrole nitrogens is 1. The van der Waals surface area contributed by atoms with E-state index < -0.39 is 12.1 Å². The van der Waals surface area contributed by atoms with E-state index in [1.54, 1.807) is 13.8 Å². The SMILES string of the molecule is CCc1noc(C)c1C(=O)OC(C)c1nc2sc(C)c(C)c2c(=O)[nH]1. The van der Waals surface area contributed by atoms with Crippen LogP contribution in [0.4, 0.5) is 0 Å². The molecule has 0 spiro atoms. The first-order valence-electron chi connectivity index (χ1n) is 7.99. The predicted octanol–water partition coefficient (Wildman–Crippen LogP) is 3.38. The number of carbonyl (C=O) groups excluding carboxylic acids is 1. The summed E-state index contributed by atoms with van der Waals surface area (Å²) in [5.41, 5.74) is 1.59. The zero-order valence-corrected chi connectivity index (χ0v) is 15.5. The van der Waals surface area contributed by atoms with Crippen LogP contribution in [0, 0.1) is 20.8 Å². The lowest BCUT2D eigenvalue weighted by Crippen LogP contribution is -2.18. The fourth-order valence-electron chi connectivity index (χ4n) is 2.66. The normalized spacial score (nSPS) is 12.5. The third-order valence-corrected chi connectivity index (χ3v) is 5.30. The van der Waals surface area contributed by atoms with Crippen LogP contribution in [-0.4, -0.2) is 21.1 Å². The van der Waals surface area contributed by atoms with Gasteiger partial charge in [0.05, 0.1) is 11.1 Å². The van der Waals surface area contributed by atoms with E-state index in [4.69, 9.17) is 9.26 Å². The van der Waals surface area contributed by atoms with E-state index in [0.29, 0.717) is 39.5 Å². The molecule has 3 aromatic rings. The second kappa shape index (κ2) is 6.44. The largest absolute Gasteiger partial charge is 0.451 e. The van der Waals surface area contributed by atoms with E-state index in [-0.39, 0.29) is 5.56 Å². The zero-order valence-electron chi connectivity index (χ0n) is 14.7. The van der Waals surface area contributed by atoms with Crippen molar-refractivity contribution in [2.75, 3.05) is 0 Å². The molecule has 0 aliphatic heterocycles. The molecule has 1 atom stereocenters. The lowest BCUT2D eigenvalue weighted by atomic mass is 10.1. The number of nitrogens with zero attached hydrogens (tertiary/aromatic N) is 2. The van der Waals surface area contributed by atoms with Gasteiger partial charge in [-0.05, 0) is 39.7 Å². The molecular weight excluding hydrogens is 342 g/mol. The number of fused-ring (bicyclic) bond motifs is 1. The van der Waals surface area contributed by atoms with Crippen LogP contribution < -0.4 is 5.56 Å². The van der Waals surface area contributed by atoms with E-state index in [2.05, 4.69) is 15.1 Å². The molecule has 0 saturated heterocycles. The Balaban J connectivity index is 1.92. The summed E-state index contributed by atoms with van der Waals surface area (Å²) in [7, 11) is 0. The molecule has 3 aromatic heterocycles. The molecule has 0 amide bonds. The molecule has 3 rings (SSSR count). The van der Waals surface area contributed by atoms with Gasteiger partial charge in [0.15, 0.2) is 11.9 Å².